The number of nitrogen functional groups attached to an aromatic ring is 1. The van der Waals surface area contributed by atoms with Crippen LogP contribution in [0.1, 0.15) is 5.56 Å². The summed E-state index contributed by atoms with van der Waals surface area (Å²) in [5.74, 6) is 1.04. The van der Waals surface area contributed by atoms with E-state index in [1.165, 1.54) is 0 Å². The second kappa shape index (κ2) is 2.85. The summed E-state index contributed by atoms with van der Waals surface area (Å²) in [6, 6.07) is 0. The minimum Gasteiger partial charge on any atom is -0.383 e. The van der Waals surface area contributed by atoms with Crippen LogP contribution < -0.4 is 5.73 Å². The third kappa shape index (κ3) is 1.35. The van der Waals surface area contributed by atoms with Crippen molar-refractivity contribution in [3.63, 3.8) is 0 Å². The number of aromatic nitrogens is 4. The third-order valence-corrected chi connectivity index (χ3v) is 1.73. The fourth-order valence-electron chi connectivity index (χ4n) is 0.947. The average molecular weight is 175 g/mol. The lowest BCUT2D eigenvalue weighted by Gasteiger charge is -2.02. The SMILES string of the molecule is Cc1cnc(-n2ccnc2)nc1N. The summed E-state index contributed by atoms with van der Waals surface area (Å²) in [7, 11) is 0. The Morgan fingerprint density at radius 2 is 2.31 bits per heavy atom. The van der Waals surface area contributed by atoms with Gasteiger partial charge in [0.15, 0.2) is 0 Å². The van der Waals surface area contributed by atoms with Crippen molar-refractivity contribution in [1.82, 2.24) is 19.5 Å². The largest absolute Gasteiger partial charge is 0.383 e. The molecule has 66 valence electrons. The first-order chi connectivity index (χ1) is 6.27. The van der Waals surface area contributed by atoms with Crippen molar-refractivity contribution >= 4 is 5.82 Å². The molecule has 0 aliphatic rings. The number of rotatable bonds is 1. The first-order valence-electron chi connectivity index (χ1n) is 3.85. The molecule has 2 N–H and O–H groups in total. The zero-order chi connectivity index (χ0) is 9.26. The van der Waals surface area contributed by atoms with Crippen LogP contribution in [-0.4, -0.2) is 19.5 Å². The van der Waals surface area contributed by atoms with E-state index in [2.05, 4.69) is 15.0 Å². The predicted octanol–water partition coefficient (Wildman–Crippen LogP) is 0.553. The molecular weight excluding hydrogens is 166 g/mol. The Balaban J connectivity index is 2.49. The fraction of sp³-hybridized carbons (Fsp3) is 0.125. The van der Waals surface area contributed by atoms with Crippen LogP contribution in [-0.2, 0) is 0 Å². The van der Waals surface area contributed by atoms with E-state index in [4.69, 9.17) is 5.73 Å². The van der Waals surface area contributed by atoms with E-state index in [0.29, 0.717) is 11.8 Å². The van der Waals surface area contributed by atoms with Crippen molar-refractivity contribution in [2.24, 2.45) is 0 Å². The Labute approximate surface area is 75.3 Å². The molecule has 2 aromatic heterocycles. The molecule has 0 saturated carbocycles. The maximum absolute atomic E-state index is 5.64. The molecule has 2 rings (SSSR count). The van der Waals surface area contributed by atoms with Crippen LogP contribution in [0.3, 0.4) is 0 Å². The third-order valence-electron chi connectivity index (χ3n) is 1.73. The Morgan fingerprint density at radius 1 is 1.46 bits per heavy atom. The van der Waals surface area contributed by atoms with Gasteiger partial charge in [-0.1, -0.05) is 0 Å². The number of aryl methyl sites for hydroxylation is 1. The monoisotopic (exact) mass is 175 g/mol. The Hall–Kier alpha value is -1.91. The number of hydrogen-bond donors (Lipinski definition) is 1. The highest BCUT2D eigenvalue weighted by Crippen LogP contribution is 2.07. The molecule has 0 aromatic carbocycles. The standard InChI is InChI=1S/C8H9N5/c1-6-4-11-8(12-7(6)9)13-3-2-10-5-13/h2-5H,1H3,(H2,9,11,12). The van der Waals surface area contributed by atoms with E-state index in [-0.39, 0.29) is 0 Å². The van der Waals surface area contributed by atoms with Gasteiger partial charge < -0.3 is 5.73 Å². The van der Waals surface area contributed by atoms with Crippen LogP contribution in [0.25, 0.3) is 5.95 Å². The maximum atomic E-state index is 5.64. The van der Waals surface area contributed by atoms with E-state index in [0.717, 1.165) is 5.56 Å². The van der Waals surface area contributed by atoms with Crippen molar-refractivity contribution in [3.05, 3.63) is 30.5 Å². The molecule has 0 bridgehead atoms. The molecule has 13 heavy (non-hydrogen) atoms. The van der Waals surface area contributed by atoms with Crippen LogP contribution in [0.4, 0.5) is 5.82 Å². The summed E-state index contributed by atoms with van der Waals surface area (Å²) in [6.45, 7) is 1.87. The molecule has 2 heterocycles. The second-order valence-corrected chi connectivity index (χ2v) is 2.71. The molecule has 5 heteroatoms. The van der Waals surface area contributed by atoms with Crippen molar-refractivity contribution in [1.29, 1.82) is 0 Å². The lowest BCUT2D eigenvalue weighted by atomic mass is 10.4. The van der Waals surface area contributed by atoms with Crippen LogP contribution in [0.2, 0.25) is 0 Å². The normalized spacial score (nSPS) is 10.2. The van der Waals surface area contributed by atoms with Gasteiger partial charge in [-0.05, 0) is 6.92 Å². The van der Waals surface area contributed by atoms with Gasteiger partial charge in [-0.3, -0.25) is 4.57 Å². The molecule has 0 radical (unpaired) electrons. The minimum atomic E-state index is 0.499. The fourth-order valence-corrected chi connectivity index (χ4v) is 0.947. The average Bonchev–Trinajstić information content (AvgIpc) is 2.62. The summed E-state index contributed by atoms with van der Waals surface area (Å²) in [4.78, 5) is 12.1. The van der Waals surface area contributed by atoms with Gasteiger partial charge in [0.1, 0.15) is 12.1 Å². The molecule has 5 nitrogen and oxygen atoms in total. The topological polar surface area (TPSA) is 69.6 Å². The summed E-state index contributed by atoms with van der Waals surface area (Å²) in [5.41, 5.74) is 6.52. The van der Waals surface area contributed by atoms with E-state index in [1.54, 1.807) is 29.5 Å². The van der Waals surface area contributed by atoms with Crippen LogP contribution in [0.15, 0.2) is 24.9 Å². The molecule has 0 fully saturated rings. The number of nitrogens with zero attached hydrogens (tertiary/aromatic N) is 4. The van der Waals surface area contributed by atoms with Crippen LogP contribution >= 0.6 is 0 Å². The number of anilines is 1. The molecule has 0 spiro atoms. The Morgan fingerprint density at radius 3 is 2.92 bits per heavy atom. The van der Waals surface area contributed by atoms with Gasteiger partial charge in [-0.2, -0.15) is 4.98 Å². The first-order valence-corrected chi connectivity index (χ1v) is 3.85. The van der Waals surface area contributed by atoms with Gasteiger partial charge in [-0.25, -0.2) is 9.97 Å². The quantitative estimate of drug-likeness (QED) is 0.687. The molecule has 0 atom stereocenters. The minimum absolute atomic E-state index is 0.499. The van der Waals surface area contributed by atoms with E-state index < -0.39 is 0 Å². The van der Waals surface area contributed by atoms with Crippen LogP contribution in [0.5, 0.6) is 0 Å². The molecule has 0 unspecified atom stereocenters. The number of imidazole rings is 1. The lowest BCUT2D eigenvalue weighted by molar-refractivity contribution is 0.923. The highest BCUT2D eigenvalue weighted by molar-refractivity contribution is 5.38. The van der Waals surface area contributed by atoms with Gasteiger partial charge in [0, 0.05) is 24.2 Å². The molecule has 0 aliphatic heterocycles. The summed E-state index contributed by atoms with van der Waals surface area (Å²) < 4.78 is 1.70. The highest BCUT2D eigenvalue weighted by atomic mass is 15.2. The van der Waals surface area contributed by atoms with Gasteiger partial charge in [-0.15, -0.1) is 0 Å². The van der Waals surface area contributed by atoms with Crippen molar-refractivity contribution in [3.8, 4) is 5.95 Å². The number of hydrogen-bond acceptors (Lipinski definition) is 4. The molecule has 0 saturated heterocycles. The Bertz CT molecular complexity index is 406. The lowest BCUT2D eigenvalue weighted by Crippen LogP contribution is -2.03. The summed E-state index contributed by atoms with van der Waals surface area (Å²) in [6.07, 6.45) is 6.76. The molecule has 0 amide bonds. The zero-order valence-electron chi connectivity index (χ0n) is 7.18. The summed E-state index contributed by atoms with van der Waals surface area (Å²) in [5, 5.41) is 0. The van der Waals surface area contributed by atoms with E-state index in [9.17, 15) is 0 Å². The second-order valence-electron chi connectivity index (χ2n) is 2.71. The number of nitrogens with two attached hydrogens (primary N) is 1. The highest BCUT2D eigenvalue weighted by Gasteiger charge is 2.00. The first kappa shape index (κ1) is 7.72. The van der Waals surface area contributed by atoms with Gasteiger partial charge in [0.2, 0.25) is 5.95 Å². The van der Waals surface area contributed by atoms with Crippen molar-refractivity contribution in [2.45, 2.75) is 6.92 Å². The van der Waals surface area contributed by atoms with Crippen molar-refractivity contribution < 1.29 is 0 Å². The summed E-state index contributed by atoms with van der Waals surface area (Å²) >= 11 is 0. The van der Waals surface area contributed by atoms with Crippen molar-refractivity contribution in [2.75, 3.05) is 5.73 Å². The van der Waals surface area contributed by atoms with Crippen LogP contribution in [0, 0.1) is 6.92 Å². The van der Waals surface area contributed by atoms with E-state index >= 15 is 0 Å². The Kier molecular flexibility index (Phi) is 1.70. The molecular formula is C8H9N5. The molecule has 2 aromatic rings. The zero-order valence-corrected chi connectivity index (χ0v) is 7.18. The van der Waals surface area contributed by atoms with Gasteiger partial charge in [0.05, 0.1) is 0 Å². The predicted molar refractivity (Wildman–Crippen MR) is 48.3 cm³/mol. The molecule has 0 aliphatic carbocycles. The van der Waals surface area contributed by atoms with Gasteiger partial charge >= 0.3 is 0 Å². The van der Waals surface area contributed by atoms with E-state index in [1.807, 2.05) is 6.92 Å². The maximum Gasteiger partial charge on any atom is 0.236 e. The smallest absolute Gasteiger partial charge is 0.236 e. The van der Waals surface area contributed by atoms with Gasteiger partial charge in [0.25, 0.3) is 0 Å².